The summed E-state index contributed by atoms with van der Waals surface area (Å²) in [5.41, 5.74) is 2.71. The Kier molecular flexibility index (Phi) is 5.52. The van der Waals surface area contributed by atoms with Gasteiger partial charge < -0.3 is 14.6 Å². The molecule has 3 rings (SSSR count). The Hall–Kier alpha value is -1.32. The number of fused-ring (bicyclic) bond motifs is 1. The lowest BCUT2D eigenvalue weighted by molar-refractivity contribution is 0.00778. The van der Waals surface area contributed by atoms with E-state index in [1.807, 2.05) is 0 Å². The van der Waals surface area contributed by atoms with E-state index >= 15 is 0 Å². The van der Waals surface area contributed by atoms with E-state index < -0.39 is 0 Å². The third-order valence-electron chi connectivity index (χ3n) is 4.69. The van der Waals surface area contributed by atoms with Crippen LogP contribution in [0.25, 0.3) is 10.9 Å². The summed E-state index contributed by atoms with van der Waals surface area (Å²) in [6.07, 6.45) is 8.61. The molecule has 0 bridgehead atoms. The Morgan fingerprint density at radius 1 is 1.23 bits per heavy atom. The number of H-pyrrole nitrogens is 1. The normalized spacial score (nSPS) is 17.3. The summed E-state index contributed by atoms with van der Waals surface area (Å²) in [6, 6.07) is 8.59. The van der Waals surface area contributed by atoms with Gasteiger partial charge in [0.15, 0.2) is 0 Å². The number of hydrogen-bond acceptors (Lipinski definition) is 2. The lowest BCUT2D eigenvalue weighted by Gasteiger charge is -2.31. The maximum atomic E-state index is 5.86. The Morgan fingerprint density at radius 3 is 2.86 bits per heavy atom. The largest absolute Gasteiger partial charge is 0.378 e. The van der Waals surface area contributed by atoms with Crippen LogP contribution in [0.5, 0.6) is 0 Å². The van der Waals surface area contributed by atoms with Gasteiger partial charge in [0.25, 0.3) is 0 Å². The molecule has 1 saturated heterocycles. The molecular weight excluding hydrogens is 272 g/mol. The molecule has 0 amide bonds. The zero-order chi connectivity index (χ0) is 15.2. The third-order valence-corrected chi connectivity index (χ3v) is 4.69. The Morgan fingerprint density at radius 2 is 2.05 bits per heavy atom. The molecule has 1 fully saturated rings. The number of likely N-dealkylation sites (tertiary alicyclic amines) is 1. The summed E-state index contributed by atoms with van der Waals surface area (Å²) in [5.74, 6) is 0. The number of benzene rings is 1. The fraction of sp³-hybridized carbons (Fsp3) is 0.579. The van der Waals surface area contributed by atoms with E-state index in [2.05, 4.69) is 47.3 Å². The molecule has 3 nitrogen and oxygen atoms in total. The summed E-state index contributed by atoms with van der Waals surface area (Å²) in [4.78, 5) is 5.97. The van der Waals surface area contributed by atoms with Crippen LogP contribution in [0.2, 0.25) is 0 Å². The van der Waals surface area contributed by atoms with Gasteiger partial charge in [-0.2, -0.15) is 0 Å². The van der Waals surface area contributed by atoms with Gasteiger partial charge in [0.2, 0.25) is 0 Å². The smallest absolute Gasteiger partial charge is 0.0599 e. The van der Waals surface area contributed by atoms with Crippen LogP contribution in [0.4, 0.5) is 0 Å². The molecule has 1 aliphatic heterocycles. The molecule has 0 atom stereocenters. The zero-order valence-electron chi connectivity index (χ0n) is 13.7. The number of aromatic nitrogens is 1. The molecule has 0 radical (unpaired) electrons. The van der Waals surface area contributed by atoms with Crippen LogP contribution >= 0.6 is 0 Å². The minimum atomic E-state index is 0.504. The van der Waals surface area contributed by atoms with E-state index in [4.69, 9.17) is 4.74 Å². The molecule has 1 aromatic heterocycles. The van der Waals surface area contributed by atoms with Crippen molar-refractivity contribution < 1.29 is 4.74 Å². The van der Waals surface area contributed by atoms with Crippen LogP contribution < -0.4 is 0 Å². The van der Waals surface area contributed by atoms with Crippen LogP contribution in [0.1, 0.15) is 38.2 Å². The molecule has 0 saturated carbocycles. The lowest BCUT2D eigenvalue weighted by atomic mass is 10.1. The highest BCUT2D eigenvalue weighted by atomic mass is 16.5. The van der Waals surface area contributed by atoms with Crippen molar-refractivity contribution in [3.8, 4) is 0 Å². The van der Waals surface area contributed by atoms with E-state index in [-0.39, 0.29) is 0 Å². The second-order valence-corrected chi connectivity index (χ2v) is 6.37. The van der Waals surface area contributed by atoms with Gasteiger partial charge in [0.05, 0.1) is 6.10 Å². The molecule has 1 aliphatic rings. The standard InChI is InChI=1S/C19H28N2O/c1-2-14-22-17-9-12-21(13-10-17)11-5-6-16-15-20-19-8-4-3-7-18(16)19/h3-4,7-8,15,17,20H,2,5-6,9-14H2,1H3. The summed E-state index contributed by atoms with van der Waals surface area (Å²) in [5, 5.41) is 1.38. The maximum Gasteiger partial charge on any atom is 0.0599 e. The van der Waals surface area contributed by atoms with E-state index in [1.54, 1.807) is 0 Å². The van der Waals surface area contributed by atoms with Crippen LogP contribution in [0.15, 0.2) is 30.5 Å². The van der Waals surface area contributed by atoms with E-state index in [1.165, 1.54) is 55.4 Å². The average Bonchev–Trinajstić information content (AvgIpc) is 2.98. The van der Waals surface area contributed by atoms with Crippen molar-refractivity contribution in [2.75, 3.05) is 26.2 Å². The van der Waals surface area contributed by atoms with Crippen molar-refractivity contribution in [2.45, 2.75) is 45.1 Å². The molecular formula is C19H28N2O. The molecule has 2 aromatic rings. The highest BCUT2D eigenvalue weighted by Crippen LogP contribution is 2.20. The Labute approximate surface area is 133 Å². The zero-order valence-corrected chi connectivity index (χ0v) is 13.7. The summed E-state index contributed by atoms with van der Waals surface area (Å²) < 4.78 is 5.86. The van der Waals surface area contributed by atoms with Crippen molar-refractivity contribution in [3.63, 3.8) is 0 Å². The number of aromatic amines is 1. The number of nitrogens with one attached hydrogen (secondary N) is 1. The van der Waals surface area contributed by atoms with Gasteiger partial charge in [-0.25, -0.2) is 0 Å². The quantitative estimate of drug-likeness (QED) is 0.837. The molecule has 2 heterocycles. The third kappa shape index (κ3) is 3.90. The number of nitrogens with zero attached hydrogens (tertiary/aromatic N) is 1. The molecule has 1 N–H and O–H groups in total. The fourth-order valence-corrected chi connectivity index (χ4v) is 3.42. The van der Waals surface area contributed by atoms with E-state index in [0.29, 0.717) is 6.10 Å². The van der Waals surface area contributed by atoms with Gasteiger partial charge in [0.1, 0.15) is 0 Å². The Balaban J connectivity index is 1.41. The van der Waals surface area contributed by atoms with E-state index in [9.17, 15) is 0 Å². The number of rotatable bonds is 7. The lowest BCUT2D eigenvalue weighted by Crippen LogP contribution is -2.37. The molecule has 0 aliphatic carbocycles. The Bertz CT molecular complexity index is 570. The number of aryl methyl sites for hydroxylation is 1. The summed E-state index contributed by atoms with van der Waals surface area (Å²) in [7, 11) is 0. The summed E-state index contributed by atoms with van der Waals surface area (Å²) in [6.45, 7) is 6.70. The first-order valence-electron chi connectivity index (χ1n) is 8.75. The number of hydrogen-bond donors (Lipinski definition) is 1. The second kappa shape index (κ2) is 7.80. The predicted octanol–water partition coefficient (Wildman–Crippen LogP) is 3.99. The number of para-hydroxylation sites is 1. The topological polar surface area (TPSA) is 28.3 Å². The van der Waals surface area contributed by atoms with Crippen molar-refractivity contribution in [1.29, 1.82) is 0 Å². The maximum absolute atomic E-state index is 5.86. The van der Waals surface area contributed by atoms with Crippen molar-refractivity contribution in [3.05, 3.63) is 36.0 Å². The van der Waals surface area contributed by atoms with Crippen LogP contribution in [-0.4, -0.2) is 42.2 Å². The molecule has 1 aromatic carbocycles. The molecule has 120 valence electrons. The SMILES string of the molecule is CCCOC1CCN(CCCc2c[nH]c3ccccc23)CC1. The van der Waals surface area contributed by atoms with Crippen LogP contribution in [0.3, 0.4) is 0 Å². The van der Waals surface area contributed by atoms with Gasteiger partial charge >= 0.3 is 0 Å². The number of piperidine rings is 1. The minimum Gasteiger partial charge on any atom is -0.378 e. The first-order valence-corrected chi connectivity index (χ1v) is 8.75. The van der Waals surface area contributed by atoms with Gasteiger partial charge in [-0.3, -0.25) is 0 Å². The van der Waals surface area contributed by atoms with Crippen molar-refractivity contribution in [1.82, 2.24) is 9.88 Å². The van der Waals surface area contributed by atoms with Crippen molar-refractivity contribution >= 4 is 10.9 Å². The van der Waals surface area contributed by atoms with Gasteiger partial charge in [-0.15, -0.1) is 0 Å². The van der Waals surface area contributed by atoms with Gasteiger partial charge in [-0.05, 0) is 50.3 Å². The second-order valence-electron chi connectivity index (χ2n) is 6.37. The van der Waals surface area contributed by atoms with Gasteiger partial charge in [0, 0.05) is 36.8 Å². The first kappa shape index (κ1) is 15.6. The fourth-order valence-electron chi connectivity index (χ4n) is 3.42. The average molecular weight is 300 g/mol. The number of ether oxygens (including phenoxy) is 1. The molecule has 0 spiro atoms. The van der Waals surface area contributed by atoms with Crippen LogP contribution in [-0.2, 0) is 11.2 Å². The molecule has 22 heavy (non-hydrogen) atoms. The van der Waals surface area contributed by atoms with Crippen LogP contribution in [0, 0.1) is 0 Å². The highest BCUT2D eigenvalue weighted by molar-refractivity contribution is 5.82. The minimum absolute atomic E-state index is 0.504. The van der Waals surface area contributed by atoms with E-state index in [0.717, 1.165) is 19.4 Å². The monoisotopic (exact) mass is 300 g/mol. The first-order chi connectivity index (χ1) is 10.9. The summed E-state index contributed by atoms with van der Waals surface area (Å²) >= 11 is 0. The molecule has 0 unspecified atom stereocenters. The van der Waals surface area contributed by atoms with Crippen molar-refractivity contribution in [2.24, 2.45) is 0 Å². The van der Waals surface area contributed by atoms with Gasteiger partial charge in [-0.1, -0.05) is 25.1 Å². The predicted molar refractivity (Wildman–Crippen MR) is 92.3 cm³/mol. The molecule has 3 heteroatoms. The highest BCUT2D eigenvalue weighted by Gasteiger charge is 2.18.